The molecular weight excluding hydrogens is 444 g/mol. The van der Waals surface area contributed by atoms with Crippen LogP contribution in [0, 0.1) is 6.92 Å². The third-order valence-corrected chi connectivity index (χ3v) is 6.45. The van der Waals surface area contributed by atoms with Gasteiger partial charge in [0.1, 0.15) is 11.1 Å². The summed E-state index contributed by atoms with van der Waals surface area (Å²) < 4.78 is 12.7. The van der Waals surface area contributed by atoms with E-state index >= 15 is 0 Å². The molecule has 0 spiro atoms. The zero-order valence-electron chi connectivity index (χ0n) is 21.4. The molecule has 0 saturated carbocycles. The smallest absolute Gasteiger partial charge is 0.411 e. The fraction of sp³-hybridized carbons (Fsp3) is 0.481. The van der Waals surface area contributed by atoms with E-state index < -0.39 is 5.60 Å². The van der Waals surface area contributed by atoms with Crippen LogP contribution in [0.5, 0.6) is 0 Å². The lowest BCUT2D eigenvalue weighted by Crippen LogP contribution is -2.42. The second kappa shape index (κ2) is 9.68. The van der Waals surface area contributed by atoms with Crippen LogP contribution >= 0.6 is 0 Å². The Morgan fingerprint density at radius 2 is 1.94 bits per heavy atom. The summed E-state index contributed by atoms with van der Waals surface area (Å²) in [5, 5.41) is 8.53. The molecule has 186 valence electrons. The lowest BCUT2D eigenvalue weighted by molar-refractivity contribution is -0.143. The number of aromatic nitrogens is 3. The summed E-state index contributed by atoms with van der Waals surface area (Å²) in [7, 11) is 1.87. The minimum absolute atomic E-state index is 0.197. The quantitative estimate of drug-likeness (QED) is 0.489. The summed E-state index contributed by atoms with van der Waals surface area (Å²) in [6, 6.07) is 9.95. The van der Waals surface area contributed by atoms with E-state index in [1.807, 2.05) is 58.7 Å². The molecule has 0 aliphatic carbocycles. The van der Waals surface area contributed by atoms with Crippen molar-refractivity contribution in [3.8, 4) is 0 Å². The Balaban J connectivity index is 1.75. The molecule has 1 atom stereocenters. The summed E-state index contributed by atoms with van der Waals surface area (Å²) in [6.45, 7) is 10.3. The number of hydrogen-bond acceptors (Lipinski definition) is 6. The van der Waals surface area contributed by atoms with Gasteiger partial charge in [0.2, 0.25) is 0 Å². The predicted octanol–water partition coefficient (Wildman–Crippen LogP) is 4.81. The van der Waals surface area contributed by atoms with Crippen LogP contribution in [0.2, 0.25) is 0 Å². The van der Waals surface area contributed by atoms with Crippen molar-refractivity contribution in [2.75, 3.05) is 6.61 Å². The van der Waals surface area contributed by atoms with Crippen LogP contribution in [0.25, 0.3) is 11.0 Å². The van der Waals surface area contributed by atoms with Crippen molar-refractivity contribution < 1.29 is 19.1 Å². The summed E-state index contributed by atoms with van der Waals surface area (Å²) in [5.41, 5.74) is 6.57. The van der Waals surface area contributed by atoms with Crippen molar-refractivity contribution in [1.82, 2.24) is 19.9 Å². The molecule has 1 unspecified atom stereocenters. The van der Waals surface area contributed by atoms with E-state index in [0.717, 1.165) is 33.3 Å². The maximum absolute atomic E-state index is 13.4. The predicted molar refractivity (Wildman–Crippen MR) is 133 cm³/mol. The van der Waals surface area contributed by atoms with Gasteiger partial charge in [-0.2, -0.15) is 0 Å². The van der Waals surface area contributed by atoms with Crippen LogP contribution in [-0.2, 0) is 40.7 Å². The van der Waals surface area contributed by atoms with Crippen LogP contribution in [0.3, 0.4) is 0 Å². The first-order valence-corrected chi connectivity index (χ1v) is 12.1. The third kappa shape index (κ3) is 5.16. The minimum Gasteiger partial charge on any atom is -0.466 e. The van der Waals surface area contributed by atoms with Gasteiger partial charge in [-0.05, 0) is 81.3 Å². The number of esters is 1. The summed E-state index contributed by atoms with van der Waals surface area (Å²) in [4.78, 5) is 27.2. The highest BCUT2D eigenvalue weighted by Gasteiger charge is 2.36. The molecule has 0 bridgehead atoms. The number of carbonyl (C=O) groups excluding carboxylic acids is 2. The highest BCUT2D eigenvalue weighted by molar-refractivity contribution is 5.80. The van der Waals surface area contributed by atoms with E-state index in [2.05, 4.69) is 28.5 Å². The number of amides is 1. The van der Waals surface area contributed by atoms with Crippen LogP contribution in [0.4, 0.5) is 4.79 Å². The van der Waals surface area contributed by atoms with Gasteiger partial charge < -0.3 is 9.47 Å². The van der Waals surface area contributed by atoms with E-state index in [1.54, 1.807) is 4.68 Å². The van der Waals surface area contributed by atoms with Gasteiger partial charge in [-0.15, -0.1) is 5.10 Å². The zero-order chi connectivity index (χ0) is 25.3. The Labute approximate surface area is 206 Å². The number of ether oxygens (including phenoxy) is 2. The summed E-state index contributed by atoms with van der Waals surface area (Å²) in [5.74, 6) is -0.197. The molecule has 1 amide bonds. The first-order chi connectivity index (χ1) is 16.6. The van der Waals surface area contributed by atoms with Crippen molar-refractivity contribution in [3.05, 3.63) is 58.1 Å². The van der Waals surface area contributed by atoms with Crippen molar-refractivity contribution >= 4 is 23.1 Å². The number of nitrogens with zero attached hydrogens (tertiary/aromatic N) is 4. The number of aryl methyl sites for hydroxylation is 3. The lowest BCUT2D eigenvalue weighted by Gasteiger charge is -2.39. The van der Waals surface area contributed by atoms with Crippen LogP contribution in [0.15, 0.2) is 30.3 Å². The number of hydrogen-bond donors (Lipinski definition) is 0. The second-order valence-electron chi connectivity index (χ2n) is 10.0. The van der Waals surface area contributed by atoms with Crippen LogP contribution in [-0.4, -0.2) is 44.2 Å². The molecule has 2 heterocycles. The summed E-state index contributed by atoms with van der Waals surface area (Å²) in [6.07, 6.45) is 1.21. The van der Waals surface area contributed by atoms with Gasteiger partial charge in [-0.25, -0.2) is 9.48 Å². The largest absolute Gasteiger partial charge is 0.466 e. The second-order valence-corrected chi connectivity index (χ2v) is 10.0. The molecule has 1 aromatic heterocycles. The Morgan fingerprint density at radius 1 is 1.17 bits per heavy atom. The zero-order valence-corrected chi connectivity index (χ0v) is 21.4. The van der Waals surface area contributed by atoms with Gasteiger partial charge in [0.05, 0.1) is 18.2 Å². The van der Waals surface area contributed by atoms with Gasteiger partial charge in [0.15, 0.2) is 0 Å². The Hall–Kier alpha value is -3.42. The highest BCUT2D eigenvalue weighted by atomic mass is 16.6. The van der Waals surface area contributed by atoms with E-state index in [1.165, 1.54) is 5.56 Å². The van der Waals surface area contributed by atoms with Crippen molar-refractivity contribution in [3.63, 3.8) is 0 Å². The average Bonchev–Trinajstić information content (AvgIpc) is 3.17. The van der Waals surface area contributed by atoms with E-state index in [4.69, 9.17) is 9.47 Å². The minimum atomic E-state index is -0.604. The van der Waals surface area contributed by atoms with Gasteiger partial charge >= 0.3 is 12.1 Å². The molecule has 0 N–H and O–H groups in total. The molecule has 3 aromatic rings. The van der Waals surface area contributed by atoms with Gasteiger partial charge in [0, 0.05) is 20.0 Å². The number of rotatable bonds is 5. The monoisotopic (exact) mass is 478 g/mol. The molecule has 4 rings (SSSR count). The van der Waals surface area contributed by atoms with E-state index in [9.17, 15) is 9.59 Å². The van der Waals surface area contributed by atoms with Crippen molar-refractivity contribution in [1.29, 1.82) is 0 Å². The lowest BCUT2D eigenvalue weighted by atomic mass is 9.84. The van der Waals surface area contributed by atoms with E-state index in [-0.39, 0.29) is 18.1 Å². The first-order valence-electron chi connectivity index (χ1n) is 12.1. The Kier molecular flexibility index (Phi) is 6.83. The molecule has 0 fully saturated rings. The topological polar surface area (TPSA) is 86.5 Å². The van der Waals surface area contributed by atoms with Gasteiger partial charge in [-0.1, -0.05) is 29.5 Å². The molecule has 0 saturated heterocycles. The Bertz CT molecular complexity index is 1260. The molecule has 35 heavy (non-hydrogen) atoms. The summed E-state index contributed by atoms with van der Waals surface area (Å²) >= 11 is 0. The molecule has 1 aliphatic rings. The molecule has 2 aromatic carbocycles. The van der Waals surface area contributed by atoms with Gasteiger partial charge in [0.25, 0.3) is 0 Å². The fourth-order valence-corrected chi connectivity index (χ4v) is 4.80. The third-order valence-electron chi connectivity index (χ3n) is 6.45. The normalized spacial score (nSPS) is 15.7. The van der Waals surface area contributed by atoms with E-state index in [0.29, 0.717) is 32.4 Å². The maximum atomic E-state index is 13.4. The average molecular weight is 479 g/mol. The van der Waals surface area contributed by atoms with Crippen LogP contribution < -0.4 is 0 Å². The number of fused-ring (bicyclic) bond motifs is 2. The van der Waals surface area contributed by atoms with Crippen molar-refractivity contribution in [2.45, 2.75) is 72.1 Å². The standard InChI is InChI=1S/C27H34N4O4/c1-7-34-24(32)14-11-18-9-8-10-19-16-31(26(33)35-27(3,4)5)23(15-21(18)19)20-12-13-22-25(17(20)2)28-29-30(22)6/h8-10,12-13,23H,7,11,14-16H2,1-6H3. The molecule has 8 nitrogen and oxygen atoms in total. The number of carbonyl (C=O) groups is 2. The van der Waals surface area contributed by atoms with Gasteiger partial charge in [-0.3, -0.25) is 9.69 Å². The highest BCUT2D eigenvalue weighted by Crippen LogP contribution is 2.38. The fourth-order valence-electron chi connectivity index (χ4n) is 4.80. The molecule has 8 heteroatoms. The molecular formula is C27H34N4O4. The SMILES string of the molecule is CCOC(=O)CCc1cccc2c1CC(c1ccc3c(nnn3C)c1C)N(C(=O)OC(C)(C)C)C2. The number of benzene rings is 2. The maximum Gasteiger partial charge on any atom is 0.411 e. The Morgan fingerprint density at radius 3 is 2.66 bits per heavy atom. The van der Waals surface area contributed by atoms with Crippen LogP contribution in [0.1, 0.15) is 68.0 Å². The first kappa shape index (κ1) is 24.7. The molecule has 0 radical (unpaired) electrons. The van der Waals surface area contributed by atoms with Crippen molar-refractivity contribution in [2.24, 2.45) is 7.05 Å². The molecule has 1 aliphatic heterocycles.